The molecule has 8 heteroatoms. The lowest BCUT2D eigenvalue weighted by atomic mass is 10.1. The van der Waals surface area contributed by atoms with Crippen LogP contribution in [0.4, 0.5) is 4.79 Å². The molecule has 7 nitrogen and oxygen atoms in total. The average molecular weight is 396 g/mol. The zero-order chi connectivity index (χ0) is 17.6. The lowest BCUT2D eigenvalue weighted by Gasteiger charge is -2.29. The van der Waals surface area contributed by atoms with E-state index in [0.717, 1.165) is 22.6 Å². The van der Waals surface area contributed by atoms with Crippen LogP contribution in [0.2, 0.25) is 0 Å². The van der Waals surface area contributed by atoms with Crippen LogP contribution in [0.15, 0.2) is 35.6 Å². The van der Waals surface area contributed by atoms with Crippen molar-refractivity contribution < 1.29 is 9.53 Å². The minimum absolute atomic E-state index is 0.253. The summed E-state index contributed by atoms with van der Waals surface area (Å²) >= 11 is 3.11. The van der Waals surface area contributed by atoms with Crippen molar-refractivity contribution in [2.75, 3.05) is 13.1 Å². The van der Waals surface area contributed by atoms with Crippen molar-refractivity contribution in [1.82, 2.24) is 24.8 Å². The zero-order valence-electron chi connectivity index (χ0n) is 14.0. The van der Waals surface area contributed by atoms with Crippen LogP contribution in [0.5, 0.6) is 0 Å². The molecule has 0 saturated carbocycles. The van der Waals surface area contributed by atoms with Crippen LogP contribution < -0.4 is 0 Å². The number of aromatic nitrogens is 4. The minimum Gasteiger partial charge on any atom is -0.444 e. The van der Waals surface area contributed by atoms with Gasteiger partial charge in [0.1, 0.15) is 11.4 Å². The second-order valence-electron chi connectivity index (χ2n) is 6.22. The molecule has 0 unspecified atom stereocenters. The van der Waals surface area contributed by atoms with Crippen LogP contribution in [-0.4, -0.2) is 49.6 Å². The quantitative estimate of drug-likeness (QED) is 0.771. The van der Waals surface area contributed by atoms with Gasteiger partial charge in [-0.1, -0.05) is 6.08 Å². The highest BCUT2D eigenvalue weighted by Crippen LogP contribution is 2.20. The van der Waals surface area contributed by atoms with Crippen LogP contribution in [0, 0.1) is 0 Å². The van der Waals surface area contributed by atoms with E-state index in [9.17, 15) is 4.79 Å². The number of rotatable bonds is 1. The van der Waals surface area contributed by atoms with E-state index >= 15 is 0 Å². The first-order chi connectivity index (χ1) is 11.3. The van der Waals surface area contributed by atoms with Crippen molar-refractivity contribution in [2.45, 2.75) is 32.8 Å². The molecule has 0 atom stereocenters. The number of carbonyl (C=O) groups is 1. The molecule has 0 radical (unpaired) electrons. The number of nitrogens with one attached hydrogen (secondary N) is 2. The van der Waals surface area contributed by atoms with Crippen LogP contribution in [0.1, 0.15) is 33.0 Å². The summed E-state index contributed by atoms with van der Waals surface area (Å²) in [5, 5.41) is 0. The number of hydrogen-bond acceptors (Lipinski definition) is 4. The molecule has 2 N–H and O–H groups in total. The van der Waals surface area contributed by atoms with Gasteiger partial charge in [-0.15, -0.1) is 0 Å². The van der Waals surface area contributed by atoms with E-state index in [1.807, 2.05) is 26.8 Å². The van der Waals surface area contributed by atoms with E-state index in [4.69, 9.17) is 4.74 Å². The lowest BCUT2D eigenvalue weighted by molar-refractivity contribution is 0.0270. The molecule has 3 heterocycles. The fraction of sp³-hybridized carbons (Fsp3) is 0.438. The Kier molecular flexibility index (Phi) is 6.19. The summed E-state index contributed by atoms with van der Waals surface area (Å²) in [5.41, 5.74) is 0.710. The smallest absolute Gasteiger partial charge is 0.410 e. The molecule has 2 aromatic rings. The van der Waals surface area contributed by atoms with Gasteiger partial charge in [0.15, 0.2) is 4.73 Å². The number of hydrogen-bond donors (Lipinski definition) is 2. The van der Waals surface area contributed by atoms with Gasteiger partial charge in [-0.05, 0) is 48.7 Å². The normalized spacial score (nSPS) is 14.5. The average Bonchev–Trinajstić information content (AvgIpc) is 3.19. The first-order valence-corrected chi connectivity index (χ1v) is 8.46. The number of imidazole rings is 2. The van der Waals surface area contributed by atoms with Gasteiger partial charge in [0.05, 0.1) is 0 Å². The van der Waals surface area contributed by atoms with Gasteiger partial charge >= 0.3 is 6.09 Å². The molecule has 1 aliphatic heterocycles. The number of H-pyrrole nitrogens is 2. The fourth-order valence-corrected chi connectivity index (χ4v) is 2.31. The van der Waals surface area contributed by atoms with Gasteiger partial charge < -0.3 is 19.6 Å². The molecule has 0 saturated heterocycles. The standard InChI is InChI=1S/C13H19N3O2.C3H3BrN2/c1-13(2,3)18-12(17)16-8-4-10(5-9-16)11-14-6-7-15-11;4-3-5-1-2-6-3/h4,6-7H,5,8-9H2,1-3H3,(H,14,15);1-2H,(H,5,6). The maximum absolute atomic E-state index is 11.9. The number of aromatic amines is 2. The Hall–Kier alpha value is -2.09. The molecular formula is C16H22BrN5O2. The third kappa shape index (κ3) is 5.84. The number of amides is 1. The van der Waals surface area contributed by atoms with Crippen molar-refractivity contribution in [2.24, 2.45) is 0 Å². The van der Waals surface area contributed by atoms with Crippen molar-refractivity contribution in [3.05, 3.63) is 41.4 Å². The predicted molar refractivity (Wildman–Crippen MR) is 95.3 cm³/mol. The summed E-state index contributed by atoms with van der Waals surface area (Å²) < 4.78 is 6.12. The lowest BCUT2D eigenvalue weighted by Crippen LogP contribution is -2.39. The maximum atomic E-state index is 11.9. The molecule has 0 aromatic carbocycles. The summed E-state index contributed by atoms with van der Waals surface area (Å²) in [6.07, 6.45) is 9.54. The van der Waals surface area contributed by atoms with E-state index < -0.39 is 5.60 Å². The number of carbonyl (C=O) groups excluding carboxylic acids is 1. The van der Waals surface area contributed by atoms with Gasteiger partial charge in [0.2, 0.25) is 0 Å². The van der Waals surface area contributed by atoms with Crippen LogP contribution >= 0.6 is 15.9 Å². The summed E-state index contributed by atoms with van der Waals surface area (Å²) in [6.45, 7) is 6.86. The van der Waals surface area contributed by atoms with Crippen molar-refractivity contribution in [3.8, 4) is 0 Å². The van der Waals surface area contributed by atoms with Crippen LogP contribution in [0.25, 0.3) is 5.57 Å². The van der Waals surface area contributed by atoms with Gasteiger partial charge in [-0.2, -0.15) is 0 Å². The molecule has 130 valence electrons. The van der Waals surface area contributed by atoms with Gasteiger partial charge in [0.25, 0.3) is 0 Å². The van der Waals surface area contributed by atoms with Gasteiger partial charge in [-0.3, -0.25) is 0 Å². The molecule has 1 aliphatic rings. The third-order valence-corrected chi connectivity index (χ3v) is 3.56. The third-order valence-electron chi connectivity index (χ3n) is 3.13. The Balaban J connectivity index is 0.000000292. The molecule has 3 rings (SSSR count). The van der Waals surface area contributed by atoms with E-state index in [-0.39, 0.29) is 6.09 Å². The number of ether oxygens (including phenoxy) is 1. The second-order valence-corrected chi connectivity index (χ2v) is 6.97. The van der Waals surface area contributed by atoms with E-state index in [0.29, 0.717) is 13.1 Å². The van der Waals surface area contributed by atoms with E-state index in [1.54, 1.807) is 29.7 Å². The maximum Gasteiger partial charge on any atom is 0.410 e. The van der Waals surface area contributed by atoms with Crippen molar-refractivity contribution in [3.63, 3.8) is 0 Å². The minimum atomic E-state index is -0.442. The Morgan fingerprint density at radius 2 is 1.96 bits per heavy atom. The first-order valence-electron chi connectivity index (χ1n) is 7.67. The highest BCUT2D eigenvalue weighted by Gasteiger charge is 2.24. The monoisotopic (exact) mass is 395 g/mol. The molecule has 0 spiro atoms. The van der Waals surface area contributed by atoms with Crippen molar-refractivity contribution >= 4 is 27.6 Å². The van der Waals surface area contributed by atoms with Crippen LogP contribution in [0.3, 0.4) is 0 Å². The summed E-state index contributed by atoms with van der Waals surface area (Å²) in [4.78, 5) is 27.4. The summed E-state index contributed by atoms with van der Waals surface area (Å²) in [5.74, 6) is 0.888. The first kappa shape index (κ1) is 18.3. The molecule has 1 amide bonds. The highest BCUT2D eigenvalue weighted by atomic mass is 79.9. The topological polar surface area (TPSA) is 86.9 Å². The van der Waals surface area contributed by atoms with Gasteiger partial charge in [0, 0.05) is 37.9 Å². The molecule has 0 aliphatic carbocycles. The number of halogens is 1. The summed E-state index contributed by atoms with van der Waals surface area (Å²) in [6, 6.07) is 0. The Morgan fingerprint density at radius 3 is 2.38 bits per heavy atom. The molecule has 2 aromatic heterocycles. The Bertz CT molecular complexity index is 659. The molecular weight excluding hydrogens is 374 g/mol. The number of nitrogens with zero attached hydrogens (tertiary/aromatic N) is 3. The van der Waals surface area contributed by atoms with Crippen molar-refractivity contribution in [1.29, 1.82) is 0 Å². The summed E-state index contributed by atoms with van der Waals surface area (Å²) in [7, 11) is 0. The SMILES string of the molecule is Brc1ncc[nH]1.CC(C)(C)OC(=O)N1CC=C(c2ncc[nH]2)CC1. The predicted octanol–water partition coefficient (Wildman–Crippen LogP) is 3.61. The van der Waals surface area contributed by atoms with E-state index in [2.05, 4.69) is 35.9 Å². The fourth-order valence-electron chi connectivity index (χ4n) is 2.06. The Morgan fingerprint density at radius 1 is 1.25 bits per heavy atom. The van der Waals surface area contributed by atoms with E-state index in [1.165, 1.54) is 0 Å². The molecule has 0 fully saturated rings. The highest BCUT2D eigenvalue weighted by molar-refractivity contribution is 9.10. The second kappa shape index (κ2) is 8.14. The Labute approximate surface area is 149 Å². The molecule has 0 bridgehead atoms. The molecule has 24 heavy (non-hydrogen) atoms. The van der Waals surface area contributed by atoms with Crippen LogP contribution in [-0.2, 0) is 4.74 Å². The zero-order valence-corrected chi connectivity index (χ0v) is 15.6. The van der Waals surface area contributed by atoms with Gasteiger partial charge in [-0.25, -0.2) is 14.8 Å². The largest absolute Gasteiger partial charge is 0.444 e.